The third kappa shape index (κ3) is 4.26. The van der Waals surface area contributed by atoms with Crippen molar-refractivity contribution in [3.8, 4) is 5.75 Å². The van der Waals surface area contributed by atoms with Crippen LogP contribution in [0.2, 0.25) is 0 Å². The normalized spacial score (nSPS) is 10.1. The Morgan fingerprint density at radius 1 is 1.47 bits per heavy atom. The van der Waals surface area contributed by atoms with E-state index in [1.54, 1.807) is 24.3 Å². The van der Waals surface area contributed by atoms with E-state index in [1.807, 2.05) is 0 Å². The number of nitrogens with zero attached hydrogens (tertiary/aromatic N) is 4. The first-order chi connectivity index (χ1) is 9.24. The average molecular weight is 262 g/mol. The summed E-state index contributed by atoms with van der Waals surface area (Å²) in [7, 11) is 0. The van der Waals surface area contributed by atoms with Crippen LogP contribution in [0.5, 0.6) is 5.75 Å². The van der Waals surface area contributed by atoms with Gasteiger partial charge in [-0.05, 0) is 22.6 Å². The van der Waals surface area contributed by atoms with E-state index in [0.29, 0.717) is 24.6 Å². The van der Waals surface area contributed by atoms with E-state index in [1.165, 1.54) is 11.0 Å². The molecule has 0 atom stereocenters. The largest absolute Gasteiger partial charge is 0.492 e. The van der Waals surface area contributed by atoms with E-state index in [9.17, 15) is 4.79 Å². The van der Waals surface area contributed by atoms with Crippen LogP contribution in [0, 0.1) is 0 Å². The van der Waals surface area contributed by atoms with Gasteiger partial charge in [0, 0.05) is 11.8 Å². The summed E-state index contributed by atoms with van der Waals surface area (Å²) in [4.78, 5) is 11.5. The minimum absolute atomic E-state index is 0.0886. The summed E-state index contributed by atoms with van der Waals surface area (Å²) in [6.07, 6.45) is 1.38. The number of aromatic nitrogens is 4. The van der Waals surface area contributed by atoms with Gasteiger partial charge in [-0.25, -0.2) is 4.68 Å². The molecule has 0 fully saturated rings. The number of carbonyl (C=O) groups is 1. The van der Waals surface area contributed by atoms with Gasteiger partial charge in [0.1, 0.15) is 25.2 Å². The van der Waals surface area contributed by atoms with Crippen LogP contribution in [-0.2, 0) is 11.3 Å². The summed E-state index contributed by atoms with van der Waals surface area (Å²) in [5, 5.41) is 13.2. The van der Waals surface area contributed by atoms with Crippen molar-refractivity contribution in [2.75, 3.05) is 18.9 Å². The lowest BCUT2D eigenvalue weighted by Gasteiger charge is -2.08. The van der Waals surface area contributed by atoms with E-state index >= 15 is 0 Å². The number of rotatable bonds is 6. The molecule has 3 N–H and O–H groups in total. The highest BCUT2D eigenvalue weighted by molar-refractivity contribution is 5.75. The molecule has 1 aromatic carbocycles. The summed E-state index contributed by atoms with van der Waals surface area (Å²) in [6.45, 7) is 0.853. The van der Waals surface area contributed by atoms with Crippen LogP contribution in [0.15, 0.2) is 30.6 Å². The molecule has 0 unspecified atom stereocenters. The van der Waals surface area contributed by atoms with Crippen LogP contribution in [-0.4, -0.2) is 39.3 Å². The zero-order chi connectivity index (χ0) is 13.5. The maximum absolute atomic E-state index is 11.5. The first-order valence-corrected chi connectivity index (χ1v) is 5.70. The van der Waals surface area contributed by atoms with E-state index in [2.05, 4.69) is 20.8 Å². The molecule has 0 saturated carbocycles. The Balaban J connectivity index is 1.65. The van der Waals surface area contributed by atoms with Crippen molar-refractivity contribution >= 4 is 11.6 Å². The Morgan fingerprint density at radius 2 is 2.37 bits per heavy atom. The molecule has 2 rings (SSSR count). The lowest BCUT2D eigenvalue weighted by molar-refractivity contribution is -0.121. The van der Waals surface area contributed by atoms with Crippen LogP contribution < -0.4 is 15.8 Å². The Kier molecular flexibility index (Phi) is 4.27. The zero-order valence-corrected chi connectivity index (χ0v) is 10.2. The molecule has 0 aliphatic heterocycles. The third-order valence-corrected chi connectivity index (χ3v) is 2.25. The molecule has 1 amide bonds. The van der Waals surface area contributed by atoms with Crippen molar-refractivity contribution in [1.29, 1.82) is 0 Å². The molecule has 1 aromatic heterocycles. The number of amides is 1. The van der Waals surface area contributed by atoms with Crippen molar-refractivity contribution in [3.63, 3.8) is 0 Å². The van der Waals surface area contributed by atoms with Crippen LogP contribution >= 0.6 is 0 Å². The number of hydrogen-bond donors (Lipinski definition) is 2. The lowest BCUT2D eigenvalue weighted by atomic mass is 10.3. The molecule has 0 saturated heterocycles. The van der Waals surface area contributed by atoms with E-state index in [0.717, 1.165) is 0 Å². The van der Waals surface area contributed by atoms with Crippen LogP contribution in [0.3, 0.4) is 0 Å². The topological polar surface area (TPSA) is 108 Å². The van der Waals surface area contributed by atoms with E-state index in [4.69, 9.17) is 10.5 Å². The number of hydrogen-bond acceptors (Lipinski definition) is 6. The number of carbonyl (C=O) groups excluding carboxylic acids is 1. The number of benzene rings is 1. The van der Waals surface area contributed by atoms with Crippen LogP contribution in [0.4, 0.5) is 5.69 Å². The zero-order valence-electron chi connectivity index (χ0n) is 10.2. The fourth-order valence-corrected chi connectivity index (χ4v) is 1.42. The molecule has 0 spiro atoms. The third-order valence-electron chi connectivity index (χ3n) is 2.25. The number of ether oxygens (including phenoxy) is 1. The number of nitrogen functional groups attached to an aromatic ring is 1. The van der Waals surface area contributed by atoms with Crippen molar-refractivity contribution in [3.05, 3.63) is 30.6 Å². The molecule has 0 bridgehead atoms. The monoisotopic (exact) mass is 262 g/mol. The molecule has 0 aliphatic carbocycles. The molecule has 8 nitrogen and oxygen atoms in total. The SMILES string of the molecule is Nc1cccc(OCCNC(=O)Cn2cnnn2)c1. The fourth-order valence-electron chi connectivity index (χ4n) is 1.42. The van der Waals surface area contributed by atoms with Gasteiger partial charge in [-0.3, -0.25) is 4.79 Å². The van der Waals surface area contributed by atoms with Crippen molar-refractivity contribution < 1.29 is 9.53 Å². The summed E-state index contributed by atoms with van der Waals surface area (Å²) in [5.74, 6) is 0.498. The van der Waals surface area contributed by atoms with Gasteiger partial charge in [-0.15, -0.1) is 5.10 Å². The second-order valence-electron chi connectivity index (χ2n) is 3.78. The average Bonchev–Trinajstić information content (AvgIpc) is 2.87. The maximum atomic E-state index is 11.5. The standard InChI is InChI=1S/C11H14N6O2/c12-9-2-1-3-10(6-9)19-5-4-13-11(18)7-17-8-14-15-16-17/h1-3,6,8H,4-5,7,12H2,(H,13,18). The van der Waals surface area contributed by atoms with Crippen molar-refractivity contribution in [1.82, 2.24) is 25.5 Å². The molecular weight excluding hydrogens is 248 g/mol. The molecular formula is C11H14N6O2. The lowest BCUT2D eigenvalue weighted by Crippen LogP contribution is -2.31. The molecule has 2 aromatic rings. The quantitative estimate of drug-likeness (QED) is 0.534. The van der Waals surface area contributed by atoms with E-state index in [-0.39, 0.29) is 12.5 Å². The first-order valence-electron chi connectivity index (χ1n) is 5.70. The fraction of sp³-hybridized carbons (Fsp3) is 0.273. The smallest absolute Gasteiger partial charge is 0.241 e. The summed E-state index contributed by atoms with van der Waals surface area (Å²) < 4.78 is 6.77. The van der Waals surface area contributed by atoms with Gasteiger partial charge in [0.15, 0.2) is 0 Å². The highest BCUT2D eigenvalue weighted by atomic mass is 16.5. The second kappa shape index (κ2) is 6.34. The molecule has 0 radical (unpaired) electrons. The van der Waals surface area contributed by atoms with Crippen molar-refractivity contribution in [2.24, 2.45) is 0 Å². The Hall–Kier alpha value is -2.64. The van der Waals surface area contributed by atoms with Gasteiger partial charge in [-0.2, -0.15) is 0 Å². The summed E-state index contributed by atoms with van der Waals surface area (Å²) in [5.41, 5.74) is 6.25. The maximum Gasteiger partial charge on any atom is 0.241 e. The minimum Gasteiger partial charge on any atom is -0.492 e. The number of nitrogens with two attached hydrogens (primary N) is 1. The number of nitrogens with one attached hydrogen (secondary N) is 1. The highest BCUT2D eigenvalue weighted by Gasteiger charge is 2.03. The summed E-state index contributed by atoms with van der Waals surface area (Å²) in [6, 6.07) is 7.11. The Bertz CT molecular complexity index is 528. The highest BCUT2D eigenvalue weighted by Crippen LogP contribution is 2.13. The Morgan fingerprint density at radius 3 is 3.11 bits per heavy atom. The van der Waals surface area contributed by atoms with Gasteiger partial charge in [0.05, 0.1) is 6.54 Å². The van der Waals surface area contributed by atoms with Crippen LogP contribution in [0.25, 0.3) is 0 Å². The van der Waals surface area contributed by atoms with Gasteiger partial charge < -0.3 is 15.8 Å². The van der Waals surface area contributed by atoms with Gasteiger partial charge in [-0.1, -0.05) is 6.07 Å². The predicted octanol–water partition coefficient (Wildman–Crippen LogP) is -0.550. The summed E-state index contributed by atoms with van der Waals surface area (Å²) >= 11 is 0. The second-order valence-corrected chi connectivity index (χ2v) is 3.78. The molecule has 100 valence electrons. The van der Waals surface area contributed by atoms with Crippen LogP contribution in [0.1, 0.15) is 0 Å². The molecule has 19 heavy (non-hydrogen) atoms. The Labute approximate surface area is 109 Å². The van der Waals surface area contributed by atoms with Crippen molar-refractivity contribution in [2.45, 2.75) is 6.54 Å². The van der Waals surface area contributed by atoms with Gasteiger partial charge in [0.25, 0.3) is 0 Å². The predicted molar refractivity (Wildman–Crippen MR) is 67.2 cm³/mol. The molecule has 0 aliphatic rings. The molecule has 1 heterocycles. The van der Waals surface area contributed by atoms with Gasteiger partial charge in [0.2, 0.25) is 5.91 Å². The van der Waals surface area contributed by atoms with Gasteiger partial charge >= 0.3 is 0 Å². The van der Waals surface area contributed by atoms with E-state index < -0.39 is 0 Å². The molecule has 8 heteroatoms. The minimum atomic E-state index is -0.177. The first kappa shape index (κ1) is 12.8. The number of tetrazole rings is 1. The number of anilines is 1.